The van der Waals surface area contributed by atoms with Crippen molar-refractivity contribution >= 4 is 17.9 Å². The SMILES string of the molecule is CC(=O)O[C@@H]1[C@@H](OC(C)=O)[C@H](C)O[C@@H](c2ccc(C)cc2)[C@@H]1OC(C)=O. The van der Waals surface area contributed by atoms with E-state index in [1.54, 1.807) is 6.92 Å². The Morgan fingerprint density at radius 1 is 0.808 bits per heavy atom. The van der Waals surface area contributed by atoms with E-state index in [4.69, 9.17) is 18.9 Å². The minimum absolute atomic E-state index is 0.544. The maximum atomic E-state index is 11.7. The molecule has 0 N–H and O–H groups in total. The van der Waals surface area contributed by atoms with Crippen LogP contribution < -0.4 is 0 Å². The lowest BCUT2D eigenvalue weighted by Crippen LogP contribution is -2.57. The van der Waals surface area contributed by atoms with Crippen molar-refractivity contribution in [3.8, 4) is 0 Å². The van der Waals surface area contributed by atoms with Crippen LogP contribution in [0, 0.1) is 6.92 Å². The number of ether oxygens (including phenoxy) is 4. The van der Waals surface area contributed by atoms with Crippen molar-refractivity contribution in [3.63, 3.8) is 0 Å². The predicted molar refractivity (Wildman–Crippen MR) is 91.1 cm³/mol. The van der Waals surface area contributed by atoms with Gasteiger partial charge < -0.3 is 18.9 Å². The molecular weight excluding hydrogens is 340 g/mol. The van der Waals surface area contributed by atoms with Crippen LogP contribution in [0.5, 0.6) is 0 Å². The van der Waals surface area contributed by atoms with Crippen LogP contribution in [0.4, 0.5) is 0 Å². The topological polar surface area (TPSA) is 88.1 Å². The number of rotatable bonds is 4. The predicted octanol–water partition coefficient (Wildman–Crippen LogP) is 2.25. The summed E-state index contributed by atoms with van der Waals surface area (Å²) in [5, 5.41) is 0. The minimum atomic E-state index is -0.977. The first-order chi connectivity index (χ1) is 12.2. The molecule has 142 valence electrons. The Morgan fingerprint density at radius 3 is 1.77 bits per heavy atom. The molecule has 2 rings (SSSR count). The minimum Gasteiger partial charge on any atom is -0.456 e. The van der Waals surface area contributed by atoms with E-state index in [0.29, 0.717) is 0 Å². The van der Waals surface area contributed by atoms with E-state index in [2.05, 4.69) is 0 Å². The van der Waals surface area contributed by atoms with Crippen LogP contribution in [0.15, 0.2) is 24.3 Å². The van der Waals surface area contributed by atoms with Crippen molar-refractivity contribution in [2.24, 2.45) is 0 Å². The Kier molecular flexibility index (Phi) is 6.37. The molecule has 1 saturated heterocycles. The van der Waals surface area contributed by atoms with E-state index in [1.807, 2.05) is 31.2 Å². The average Bonchev–Trinajstić information content (AvgIpc) is 2.53. The molecule has 7 nitrogen and oxygen atoms in total. The Balaban J connectivity index is 2.44. The van der Waals surface area contributed by atoms with E-state index in [1.165, 1.54) is 20.8 Å². The number of hydrogen-bond acceptors (Lipinski definition) is 7. The number of hydrogen-bond donors (Lipinski definition) is 0. The van der Waals surface area contributed by atoms with E-state index in [-0.39, 0.29) is 0 Å². The molecule has 0 amide bonds. The van der Waals surface area contributed by atoms with Crippen LogP contribution in [-0.2, 0) is 33.3 Å². The third-order valence-electron chi connectivity index (χ3n) is 4.08. The van der Waals surface area contributed by atoms with Gasteiger partial charge in [0.25, 0.3) is 0 Å². The van der Waals surface area contributed by atoms with Gasteiger partial charge in [0.05, 0.1) is 6.10 Å². The monoisotopic (exact) mass is 364 g/mol. The Labute approximate surface area is 152 Å². The van der Waals surface area contributed by atoms with E-state index in [9.17, 15) is 14.4 Å². The second-order valence-electron chi connectivity index (χ2n) is 6.39. The van der Waals surface area contributed by atoms with Gasteiger partial charge in [0.2, 0.25) is 0 Å². The molecule has 0 spiro atoms. The lowest BCUT2D eigenvalue weighted by molar-refractivity contribution is -0.245. The summed E-state index contributed by atoms with van der Waals surface area (Å²) in [4.78, 5) is 34.8. The summed E-state index contributed by atoms with van der Waals surface area (Å²) in [5.74, 6) is -1.66. The van der Waals surface area contributed by atoms with Gasteiger partial charge in [-0.15, -0.1) is 0 Å². The first-order valence-electron chi connectivity index (χ1n) is 8.42. The molecule has 1 aromatic rings. The third-order valence-corrected chi connectivity index (χ3v) is 4.08. The summed E-state index contributed by atoms with van der Waals surface area (Å²) in [5.41, 5.74) is 1.84. The molecule has 0 saturated carbocycles. The van der Waals surface area contributed by atoms with Gasteiger partial charge in [-0.3, -0.25) is 14.4 Å². The number of esters is 3. The Bertz CT molecular complexity index is 667. The van der Waals surface area contributed by atoms with Gasteiger partial charge in [-0.2, -0.15) is 0 Å². The molecule has 0 aromatic heterocycles. The van der Waals surface area contributed by atoms with Gasteiger partial charge in [0.15, 0.2) is 18.3 Å². The zero-order chi connectivity index (χ0) is 19.4. The fourth-order valence-corrected chi connectivity index (χ4v) is 3.04. The van der Waals surface area contributed by atoms with Gasteiger partial charge >= 0.3 is 17.9 Å². The van der Waals surface area contributed by atoms with Crippen molar-refractivity contribution < 1.29 is 33.3 Å². The van der Waals surface area contributed by atoms with Crippen molar-refractivity contribution in [2.75, 3.05) is 0 Å². The number of carbonyl (C=O) groups is 3. The summed E-state index contributed by atoms with van der Waals surface area (Å²) in [6, 6.07) is 7.54. The molecule has 5 atom stereocenters. The van der Waals surface area contributed by atoms with Crippen molar-refractivity contribution in [3.05, 3.63) is 35.4 Å². The zero-order valence-electron chi connectivity index (χ0n) is 15.6. The van der Waals surface area contributed by atoms with E-state index < -0.39 is 48.4 Å². The highest BCUT2D eigenvalue weighted by Crippen LogP contribution is 2.37. The maximum absolute atomic E-state index is 11.7. The van der Waals surface area contributed by atoms with Crippen LogP contribution in [-0.4, -0.2) is 42.3 Å². The van der Waals surface area contributed by atoms with Crippen LogP contribution in [0.1, 0.15) is 44.9 Å². The lowest BCUT2D eigenvalue weighted by Gasteiger charge is -2.44. The molecular formula is C19H24O7. The average molecular weight is 364 g/mol. The standard InChI is InChI=1S/C19H24O7/c1-10-6-8-15(9-7-10)17-19(26-14(5)22)18(25-13(4)21)16(11(2)23-17)24-12(3)20/h6-9,11,16-19H,1-5H3/t11-,16-,17-,18+,19-/m0/s1. The largest absolute Gasteiger partial charge is 0.456 e. The summed E-state index contributed by atoms with van der Waals surface area (Å²) in [7, 11) is 0. The molecule has 1 aliphatic rings. The van der Waals surface area contributed by atoms with Gasteiger partial charge in [0, 0.05) is 20.8 Å². The highest BCUT2D eigenvalue weighted by Gasteiger charge is 2.50. The number of aryl methyl sites for hydroxylation is 1. The van der Waals surface area contributed by atoms with Crippen LogP contribution in [0.2, 0.25) is 0 Å². The molecule has 1 aliphatic heterocycles. The third kappa shape index (κ3) is 4.82. The van der Waals surface area contributed by atoms with Crippen LogP contribution in [0.3, 0.4) is 0 Å². The second kappa shape index (κ2) is 8.31. The number of benzene rings is 1. The maximum Gasteiger partial charge on any atom is 0.303 e. The molecule has 1 fully saturated rings. The molecule has 0 radical (unpaired) electrons. The first-order valence-corrected chi connectivity index (χ1v) is 8.42. The van der Waals surface area contributed by atoms with Gasteiger partial charge in [0.1, 0.15) is 6.10 Å². The molecule has 0 aliphatic carbocycles. The summed E-state index contributed by atoms with van der Waals surface area (Å²) in [6.07, 6.45) is -4.04. The van der Waals surface area contributed by atoms with Crippen molar-refractivity contribution in [1.82, 2.24) is 0 Å². The highest BCUT2D eigenvalue weighted by molar-refractivity contribution is 5.68. The molecule has 7 heteroatoms. The normalized spacial score (nSPS) is 28.1. The van der Waals surface area contributed by atoms with E-state index >= 15 is 0 Å². The fourth-order valence-electron chi connectivity index (χ4n) is 3.04. The summed E-state index contributed by atoms with van der Waals surface area (Å²) >= 11 is 0. The lowest BCUT2D eigenvalue weighted by atomic mass is 9.90. The van der Waals surface area contributed by atoms with Gasteiger partial charge in [-0.25, -0.2) is 0 Å². The summed E-state index contributed by atoms with van der Waals surface area (Å²) in [6.45, 7) is 7.43. The fraction of sp³-hybridized carbons (Fsp3) is 0.526. The van der Waals surface area contributed by atoms with Crippen molar-refractivity contribution in [2.45, 2.75) is 65.1 Å². The van der Waals surface area contributed by atoms with Gasteiger partial charge in [-0.1, -0.05) is 29.8 Å². The number of carbonyl (C=O) groups excluding carboxylic acids is 3. The van der Waals surface area contributed by atoms with Crippen LogP contribution >= 0.6 is 0 Å². The quantitative estimate of drug-likeness (QED) is 0.598. The van der Waals surface area contributed by atoms with Crippen LogP contribution in [0.25, 0.3) is 0 Å². The zero-order valence-corrected chi connectivity index (χ0v) is 15.6. The Morgan fingerprint density at radius 2 is 1.27 bits per heavy atom. The van der Waals surface area contributed by atoms with E-state index in [0.717, 1.165) is 11.1 Å². The first kappa shape index (κ1) is 19.9. The van der Waals surface area contributed by atoms with Gasteiger partial charge in [-0.05, 0) is 19.4 Å². The highest BCUT2D eigenvalue weighted by atomic mass is 16.6. The molecule has 26 heavy (non-hydrogen) atoms. The van der Waals surface area contributed by atoms with Crippen molar-refractivity contribution in [1.29, 1.82) is 0 Å². The summed E-state index contributed by atoms with van der Waals surface area (Å²) < 4.78 is 22.1. The molecule has 1 heterocycles. The smallest absolute Gasteiger partial charge is 0.303 e. The Hall–Kier alpha value is -2.41. The molecule has 0 unspecified atom stereocenters. The molecule has 0 bridgehead atoms. The molecule has 1 aromatic carbocycles. The second-order valence-corrected chi connectivity index (χ2v) is 6.39.